The molecule has 0 atom stereocenters. The fourth-order valence-electron chi connectivity index (χ4n) is 7.00. The Morgan fingerprint density at radius 3 is 1.43 bits per heavy atom. The molecule has 0 radical (unpaired) electrons. The van der Waals surface area contributed by atoms with Gasteiger partial charge in [0.15, 0.2) is 11.6 Å². The second kappa shape index (κ2) is 18.8. The molecule has 6 aromatic rings. The maximum absolute atomic E-state index is 14.1. The van der Waals surface area contributed by atoms with Crippen LogP contribution >= 0.6 is 11.6 Å². The first kappa shape index (κ1) is 54.3. The second-order valence-corrected chi connectivity index (χ2v) is 23.5. The third-order valence-electron chi connectivity index (χ3n) is 10.1. The minimum absolute atomic E-state index is 0.187. The van der Waals surface area contributed by atoms with E-state index in [0.29, 0.717) is 18.2 Å². The number of ketones is 2. The number of carbonyl (C=O) groups excluding carboxylic acids is 2. The molecule has 0 saturated heterocycles. The van der Waals surface area contributed by atoms with E-state index in [9.17, 15) is 97.5 Å². The van der Waals surface area contributed by atoms with Crippen LogP contribution in [0.25, 0.3) is 12.2 Å². The fraction of sp³-hybridized carbons (Fsp3) is 0. The van der Waals surface area contributed by atoms with E-state index in [1.807, 2.05) is 0 Å². The standard InChI is InChI=1S/C37H25ClN8O22S6/c38-35-43-36(41-18-5-3-15(24(9-18)69(51,52)53)1-2-16-4-7-19(46(49)50)11-25(16)70(54,55)56)45-37(44-35)42-22-8-6-17(10-26(22)71(57,58)59)40-23-14-29(74(66,67)68)32(39)31-30(23)33(47)20-12-27(72(60,61)62)28(73(63,64)65)13-21(20)34(31)48/h1-14,40H,39H2,(H,51,52,53)(H,54,55,56)(H,57,58,59)(H,60,61,62)(H,63,64,65)(H,66,67,68)(H2,41,42,43,44,45). The lowest BCUT2D eigenvalue weighted by molar-refractivity contribution is -0.385. The summed E-state index contributed by atoms with van der Waals surface area (Å²) in [6, 6.07) is 8.90. The number of rotatable bonds is 15. The summed E-state index contributed by atoms with van der Waals surface area (Å²) in [5.74, 6) is -4.01. The molecule has 0 spiro atoms. The predicted molar refractivity (Wildman–Crippen MR) is 253 cm³/mol. The molecule has 0 bridgehead atoms. The summed E-state index contributed by atoms with van der Waals surface area (Å²) in [5.41, 5.74) is -2.37. The number of nitrogens with one attached hydrogen (secondary N) is 3. The Bertz CT molecular complexity index is 4270. The SMILES string of the molecule is Nc1c(S(=O)(=O)O)cc(Nc2ccc(Nc3nc(Cl)nc(Nc4ccc(C=Cc5ccc([N+](=O)[O-])cc5S(=O)(=O)O)c(S(=O)(=O)O)c4)n3)c(S(=O)(=O)O)c2)c2c1C(=O)c1cc(S(=O)(=O)O)c(S(=O)(=O)O)cc1C2=O. The van der Waals surface area contributed by atoms with E-state index in [1.54, 1.807) is 0 Å². The Morgan fingerprint density at radius 2 is 0.932 bits per heavy atom. The molecule has 0 amide bonds. The molecule has 388 valence electrons. The molecule has 0 aliphatic heterocycles. The van der Waals surface area contributed by atoms with Gasteiger partial charge in [-0.1, -0.05) is 18.2 Å². The third kappa shape index (κ3) is 11.2. The minimum atomic E-state index is -5.58. The van der Waals surface area contributed by atoms with Gasteiger partial charge in [-0.15, -0.1) is 0 Å². The summed E-state index contributed by atoms with van der Waals surface area (Å²) in [7, 11) is -32.1. The highest BCUT2D eigenvalue weighted by molar-refractivity contribution is 7.89. The van der Waals surface area contributed by atoms with Crippen LogP contribution in [0.3, 0.4) is 0 Å². The van der Waals surface area contributed by atoms with E-state index in [-0.39, 0.29) is 28.9 Å². The Balaban J connectivity index is 1.24. The zero-order chi connectivity index (χ0) is 55.0. The Morgan fingerprint density at radius 1 is 0.500 bits per heavy atom. The van der Waals surface area contributed by atoms with Crippen molar-refractivity contribution in [2.24, 2.45) is 0 Å². The van der Waals surface area contributed by atoms with Gasteiger partial charge in [0.1, 0.15) is 29.4 Å². The van der Waals surface area contributed by atoms with Crippen molar-refractivity contribution in [1.29, 1.82) is 0 Å². The van der Waals surface area contributed by atoms with Crippen molar-refractivity contribution < 1.29 is 92.3 Å². The van der Waals surface area contributed by atoms with Crippen LogP contribution in [0, 0.1) is 10.1 Å². The normalized spacial score (nSPS) is 13.3. The minimum Gasteiger partial charge on any atom is -0.397 e. The average Bonchev–Trinajstić information content (AvgIpc) is 3.26. The number of benzene rings is 5. The number of anilines is 7. The van der Waals surface area contributed by atoms with Crippen LogP contribution in [0.4, 0.5) is 46.0 Å². The molecule has 0 saturated carbocycles. The van der Waals surface area contributed by atoms with Crippen molar-refractivity contribution in [3.8, 4) is 0 Å². The second-order valence-electron chi connectivity index (χ2n) is 14.8. The van der Waals surface area contributed by atoms with Crippen molar-refractivity contribution in [3.63, 3.8) is 0 Å². The fourth-order valence-corrected chi connectivity index (χ4v) is 11.7. The molecule has 11 N–H and O–H groups in total. The van der Waals surface area contributed by atoms with Crippen molar-refractivity contribution in [1.82, 2.24) is 15.0 Å². The largest absolute Gasteiger partial charge is 0.397 e. The van der Waals surface area contributed by atoms with Gasteiger partial charge in [0, 0.05) is 34.6 Å². The van der Waals surface area contributed by atoms with Crippen molar-refractivity contribution >= 4 is 142 Å². The molecule has 30 nitrogen and oxygen atoms in total. The number of halogens is 1. The number of carbonyl (C=O) groups is 2. The third-order valence-corrected chi connectivity index (χ3v) is 15.8. The average molecular weight is 1160 g/mol. The number of nitro benzene ring substituents is 1. The highest BCUT2D eigenvalue weighted by Crippen LogP contribution is 2.42. The van der Waals surface area contributed by atoms with Crippen LogP contribution in [0.15, 0.2) is 102 Å². The van der Waals surface area contributed by atoms with Crippen LogP contribution in [0.1, 0.15) is 43.0 Å². The molecule has 74 heavy (non-hydrogen) atoms. The topological polar surface area (TPSA) is 504 Å². The summed E-state index contributed by atoms with van der Waals surface area (Å²) in [6.07, 6.45) is 1.94. The number of fused-ring (bicyclic) bond motifs is 2. The van der Waals surface area contributed by atoms with Crippen molar-refractivity contribution in [2.45, 2.75) is 29.4 Å². The van der Waals surface area contributed by atoms with E-state index in [0.717, 1.165) is 48.6 Å². The first-order valence-electron chi connectivity index (χ1n) is 19.0. The quantitative estimate of drug-likeness (QED) is 0.0230. The predicted octanol–water partition coefficient (Wildman–Crippen LogP) is 3.67. The molecule has 0 unspecified atom stereocenters. The van der Waals surface area contributed by atoms with Crippen LogP contribution in [-0.4, -0.2) is 109 Å². The number of nitrogen functional groups attached to an aromatic ring is 1. The summed E-state index contributed by atoms with van der Waals surface area (Å²) in [4.78, 5) is 42.7. The summed E-state index contributed by atoms with van der Waals surface area (Å²) >= 11 is 6.09. The van der Waals surface area contributed by atoms with E-state index >= 15 is 0 Å². The highest BCUT2D eigenvalue weighted by atomic mass is 35.5. The van der Waals surface area contributed by atoms with E-state index in [1.165, 1.54) is 6.07 Å². The molecule has 1 aliphatic carbocycles. The number of hydrogen-bond donors (Lipinski definition) is 10. The number of nitrogens with zero attached hydrogens (tertiary/aromatic N) is 4. The van der Waals surface area contributed by atoms with Gasteiger partial charge in [-0.2, -0.15) is 65.5 Å². The van der Waals surface area contributed by atoms with Gasteiger partial charge in [-0.25, -0.2) is 0 Å². The van der Waals surface area contributed by atoms with Crippen LogP contribution in [0.2, 0.25) is 5.28 Å². The lowest BCUT2D eigenvalue weighted by atomic mass is 9.82. The van der Waals surface area contributed by atoms with Gasteiger partial charge < -0.3 is 21.7 Å². The molecule has 0 fully saturated rings. The number of aromatic nitrogens is 3. The summed E-state index contributed by atoms with van der Waals surface area (Å²) < 4.78 is 207. The molecule has 1 aliphatic rings. The van der Waals surface area contributed by atoms with E-state index < -0.39 is 174 Å². The lowest BCUT2D eigenvalue weighted by Crippen LogP contribution is -2.26. The summed E-state index contributed by atoms with van der Waals surface area (Å²) in [6.45, 7) is 0. The zero-order valence-corrected chi connectivity index (χ0v) is 41.1. The molecular weight excluding hydrogens is 1140 g/mol. The smallest absolute Gasteiger partial charge is 0.296 e. The van der Waals surface area contributed by atoms with Gasteiger partial charge in [0.05, 0.1) is 33.1 Å². The number of non-ortho nitro benzene ring substituents is 1. The maximum atomic E-state index is 14.1. The molecular formula is C37H25ClN8O22S6. The number of nitrogens with two attached hydrogens (primary N) is 1. The van der Waals surface area contributed by atoms with Crippen molar-refractivity contribution in [2.75, 3.05) is 21.7 Å². The van der Waals surface area contributed by atoms with Crippen LogP contribution < -0.4 is 21.7 Å². The van der Waals surface area contributed by atoms with Crippen LogP contribution in [-0.2, 0) is 60.7 Å². The van der Waals surface area contributed by atoms with Crippen molar-refractivity contribution in [3.05, 3.63) is 122 Å². The first-order chi connectivity index (χ1) is 33.9. The molecule has 37 heteroatoms. The van der Waals surface area contributed by atoms with E-state index in [4.69, 9.17) is 17.3 Å². The van der Waals surface area contributed by atoms with Gasteiger partial charge in [0.25, 0.3) is 66.4 Å². The Labute approximate surface area is 419 Å². The lowest BCUT2D eigenvalue weighted by Gasteiger charge is -2.24. The van der Waals surface area contributed by atoms with Gasteiger partial charge >= 0.3 is 0 Å². The number of hydrogen-bond acceptors (Lipinski definition) is 23. The summed E-state index contributed by atoms with van der Waals surface area (Å²) in [5, 5.41) is 17.9. The van der Waals surface area contributed by atoms with E-state index in [2.05, 4.69) is 30.9 Å². The van der Waals surface area contributed by atoms with Gasteiger partial charge in [0.2, 0.25) is 17.2 Å². The molecule has 1 aromatic heterocycles. The molecule has 7 rings (SSSR count). The van der Waals surface area contributed by atoms with Gasteiger partial charge in [-0.05, 0) is 77.3 Å². The van der Waals surface area contributed by atoms with Gasteiger partial charge in [-0.3, -0.25) is 47.0 Å². The maximum Gasteiger partial charge on any atom is 0.296 e. The van der Waals surface area contributed by atoms with Crippen LogP contribution in [0.5, 0.6) is 0 Å². The Kier molecular flexibility index (Phi) is 13.8. The Hall–Kier alpha value is -7.46. The zero-order valence-electron chi connectivity index (χ0n) is 35.5. The molecule has 1 heterocycles. The first-order valence-corrected chi connectivity index (χ1v) is 28.0. The monoisotopic (exact) mass is 1160 g/mol. The molecule has 5 aromatic carbocycles. The number of nitro groups is 1. The highest BCUT2D eigenvalue weighted by Gasteiger charge is 2.40.